The first-order valence-corrected chi connectivity index (χ1v) is 5.98. The van der Waals surface area contributed by atoms with Gasteiger partial charge in [0.2, 0.25) is 0 Å². The van der Waals surface area contributed by atoms with Crippen LogP contribution in [0.3, 0.4) is 0 Å². The average Bonchev–Trinajstić information content (AvgIpc) is 2.20. The molecule has 2 atom stereocenters. The predicted molar refractivity (Wildman–Crippen MR) is 64.0 cm³/mol. The Balaban J connectivity index is 4.11. The van der Waals surface area contributed by atoms with Crippen LogP contribution < -0.4 is 5.32 Å². The molecule has 0 rings (SSSR count). The van der Waals surface area contributed by atoms with Crippen molar-refractivity contribution in [3.63, 3.8) is 0 Å². The van der Waals surface area contributed by atoms with E-state index >= 15 is 0 Å². The van der Waals surface area contributed by atoms with Crippen LogP contribution >= 0.6 is 0 Å². The maximum absolute atomic E-state index is 5.31. The molecule has 0 heterocycles. The summed E-state index contributed by atoms with van der Waals surface area (Å²) < 4.78 is 10.6. The highest BCUT2D eigenvalue weighted by Crippen LogP contribution is 2.16. The highest BCUT2D eigenvalue weighted by atomic mass is 16.7. The third-order valence-electron chi connectivity index (χ3n) is 2.70. The highest BCUT2D eigenvalue weighted by molar-refractivity contribution is 4.73. The lowest BCUT2D eigenvalue weighted by molar-refractivity contribution is -0.125. The van der Waals surface area contributed by atoms with Gasteiger partial charge < -0.3 is 14.8 Å². The van der Waals surface area contributed by atoms with Crippen molar-refractivity contribution in [1.82, 2.24) is 5.32 Å². The Bertz CT molecular complexity index is 138. The van der Waals surface area contributed by atoms with Crippen LogP contribution in [0.15, 0.2) is 0 Å². The van der Waals surface area contributed by atoms with Crippen molar-refractivity contribution >= 4 is 0 Å². The van der Waals surface area contributed by atoms with Crippen molar-refractivity contribution in [2.45, 2.75) is 52.4 Å². The summed E-state index contributed by atoms with van der Waals surface area (Å²) >= 11 is 0. The fourth-order valence-corrected chi connectivity index (χ4v) is 2.02. The Kier molecular flexibility index (Phi) is 9.06. The van der Waals surface area contributed by atoms with E-state index < -0.39 is 0 Å². The fourth-order valence-electron chi connectivity index (χ4n) is 2.02. The van der Waals surface area contributed by atoms with E-state index in [9.17, 15) is 0 Å². The molecule has 3 nitrogen and oxygen atoms in total. The van der Waals surface area contributed by atoms with Crippen LogP contribution in [0.5, 0.6) is 0 Å². The van der Waals surface area contributed by atoms with Gasteiger partial charge in [-0.3, -0.25) is 0 Å². The van der Waals surface area contributed by atoms with Crippen LogP contribution in [-0.4, -0.2) is 33.1 Å². The average molecular weight is 217 g/mol. The molecule has 0 amide bonds. The lowest BCUT2D eigenvalue weighted by Crippen LogP contribution is -2.43. The summed E-state index contributed by atoms with van der Waals surface area (Å²) in [5, 5.41) is 3.42. The third-order valence-corrected chi connectivity index (χ3v) is 2.70. The molecule has 0 spiro atoms. The first kappa shape index (κ1) is 14.9. The van der Waals surface area contributed by atoms with Crippen molar-refractivity contribution in [3.05, 3.63) is 0 Å². The number of rotatable bonds is 9. The van der Waals surface area contributed by atoms with Gasteiger partial charge in [0.25, 0.3) is 0 Å². The van der Waals surface area contributed by atoms with Crippen LogP contribution in [-0.2, 0) is 9.47 Å². The molecule has 2 unspecified atom stereocenters. The minimum Gasteiger partial charge on any atom is -0.354 e. The van der Waals surface area contributed by atoms with E-state index in [4.69, 9.17) is 9.47 Å². The van der Waals surface area contributed by atoms with Crippen molar-refractivity contribution in [2.24, 2.45) is 5.92 Å². The third kappa shape index (κ3) is 6.13. The maximum Gasteiger partial charge on any atom is 0.171 e. The zero-order valence-corrected chi connectivity index (χ0v) is 10.9. The molecule has 0 radical (unpaired) electrons. The number of likely N-dealkylation sites (N-methyl/N-ethyl adjacent to an activating group) is 1. The van der Waals surface area contributed by atoms with Crippen LogP contribution in [0.4, 0.5) is 0 Å². The Labute approximate surface area is 94.5 Å². The molecule has 0 aliphatic carbocycles. The zero-order chi connectivity index (χ0) is 11.7. The summed E-state index contributed by atoms with van der Waals surface area (Å²) in [6.45, 7) is 7.58. The first-order valence-electron chi connectivity index (χ1n) is 5.98. The molecule has 0 aromatic heterocycles. The molecule has 0 saturated carbocycles. The molecular weight excluding hydrogens is 190 g/mol. The molecule has 15 heavy (non-hydrogen) atoms. The highest BCUT2D eigenvalue weighted by Gasteiger charge is 2.21. The van der Waals surface area contributed by atoms with E-state index in [-0.39, 0.29) is 6.29 Å². The van der Waals surface area contributed by atoms with Gasteiger partial charge in [0.15, 0.2) is 6.29 Å². The molecule has 0 aromatic carbocycles. The van der Waals surface area contributed by atoms with Crippen LogP contribution in [0, 0.1) is 5.92 Å². The van der Waals surface area contributed by atoms with Gasteiger partial charge >= 0.3 is 0 Å². The zero-order valence-electron chi connectivity index (χ0n) is 10.9. The van der Waals surface area contributed by atoms with E-state index in [1.54, 1.807) is 14.2 Å². The van der Waals surface area contributed by atoms with Gasteiger partial charge in [-0.2, -0.15) is 0 Å². The minimum absolute atomic E-state index is 0.135. The van der Waals surface area contributed by atoms with E-state index in [1.807, 2.05) is 0 Å². The summed E-state index contributed by atoms with van der Waals surface area (Å²) in [5.41, 5.74) is 0. The van der Waals surface area contributed by atoms with E-state index in [0.29, 0.717) is 12.0 Å². The Morgan fingerprint density at radius 2 is 1.73 bits per heavy atom. The van der Waals surface area contributed by atoms with Gasteiger partial charge in [-0.05, 0) is 18.9 Å². The van der Waals surface area contributed by atoms with Gasteiger partial charge in [0.05, 0.1) is 6.04 Å². The molecule has 0 saturated heterocycles. The number of hydrogen-bond acceptors (Lipinski definition) is 3. The van der Waals surface area contributed by atoms with E-state index in [2.05, 4.69) is 26.1 Å². The Morgan fingerprint density at radius 3 is 2.13 bits per heavy atom. The van der Waals surface area contributed by atoms with E-state index in [1.165, 1.54) is 12.8 Å². The number of nitrogens with one attached hydrogen (secondary N) is 1. The van der Waals surface area contributed by atoms with Crippen molar-refractivity contribution in [2.75, 3.05) is 20.8 Å². The largest absolute Gasteiger partial charge is 0.354 e. The second-order valence-electron chi connectivity index (χ2n) is 4.13. The van der Waals surface area contributed by atoms with Crippen LogP contribution in [0.2, 0.25) is 0 Å². The number of methoxy groups -OCH3 is 2. The fraction of sp³-hybridized carbons (Fsp3) is 1.00. The summed E-state index contributed by atoms with van der Waals surface area (Å²) in [6, 6.07) is 0.298. The maximum atomic E-state index is 5.31. The summed E-state index contributed by atoms with van der Waals surface area (Å²) in [7, 11) is 3.39. The van der Waals surface area contributed by atoms with Crippen molar-refractivity contribution in [1.29, 1.82) is 0 Å². The second kappa shape index (κ2) is 9.13. The van der Waals surface area contributed by atoms with Gasteiger partial charge in [-0.25, -0.2) is 0 Å². The Morgan fingerprint density at radius 1 is 1.13 bits per heavy atom. The van der Waals surface area contributed by atoms with Gasteiger partial charge in [-0.15, -0.1) is 0 Å². The topological polar surface area (TPSA) is 30.5 Å². The summed E-state index contributed by atoms with van der Waals surface area (Å²) in [4.78, 5) is 0. The molecule has 0 aliphatic heterocycles. The molecule has 1 N–H and O–H groups in total. The number of ether oxygens (including phenoxy) is 2. The predicted octanol–water partition coefficient (Wildman–Crippen LogP) is 2.41. The molecule has 3 heteroatoms. The summed E-state index contributed by atoms with van der Waals surface area (Å²) in [5.74, 6) is 0.715. The lowest BCUT2D eigenvalue weighted by Gasteiger charge is -2.27. The van der Waals surface area contributed by atoms with Crippen molar-refractivity contribution in [3.8, 4) is 0 Å². The first-order chi connectivity index (χ1) is 7.19. The Hall–Kier alpha value is -0.120. The molecule has 92 valence electrons. The standard InChI is InChI=1S/C12H27NO2/c1-6-8-10(3)9-11(13-7-2)12(14-4)15-5/h10-13H,6-9H2,1-5H3. The van der Waals surface area contributed by atoms with Gasteiger partial charge in [-0.1, -0.05) is 33.6 Å². The second-order valence-corrected chi connectivity index (χ2v) is 4.13. The van der Waals surface area contributed by atoms with E-state index in [0.717, 1.165) is 13.0 Å². The lowest BCUT2D eigenvalue weighted by atomic mass is 9.97. The normalized spacial score (nSPS) is 15.6. The molecule has 0 aromatic rings. The molecule has 0 aliphatic rings. The monoisotopic (exact) mass is 217 g/mol. The van der Waals surface area contributed by atoms with Crippen LogP contribution in [0.1, 0.15) is 40.0 Å². The molecule has 0 bridgehead atoms. The SMILES string of the molecule is CCCC(C)CC(NCC)C(OC)OC. The smallest absolute Gasteiger partial charge is 0.171 e. The quantitative estimate of drug-likeness (QED) is 0.602. The molecule has 0 fully saturated rings. The minimum atomic E-state index is -0.135. The summed E-state index contributed by atoms with van der Waals surface area (Å²) in [6.07, 6.45) is 3.48. The van der Waals surface area contributed by atoms with Gasteiger partial charge in [0, 0.05) is 14.2 Å². The molecular formula is C12H27NO2. The van der Waals surface area contributed by atoms with Crippen molar-refractivity contribution < 1.29 is 9.47 Å². The van der Waals surface area contributed by atoms with Gasteiger partial charge in [0.1, 0.15) is 0 Å². The number of hydrogen-bond donors (Lipinski definition) is 1. The van der Waals surface area contributed by atoms with Crippen LogP contribution in [0.25, 0.3) is 0 Å².